The predicted molar refractivity (Wildman–Crippen MR) is 81.6 cm³/mol. The fraction of sp³-hybridized carbons (Fsp3) is 0.467. The maximum atomic E-state index is 12.5. The summed E-state index contributed by atoms with van der Waals surface area (Å²) in [7, 11) is 0. The molecule has 1 N–H and O–H groups in total. The van der Waals surface area contributed by atoms with E-state index in [1.165, 1.54) is 12.8 Å². The lowest BCUT2D eigenvalue weighted by molar-refractivity contribution is -0.138. The molecule has 1 aromatic heterocycles. The minimum atomic E-state index is -4.46. The number of benzene rings is 1. The molecule has 2 aromatic rings. The van der Waals surface area contributed by atoms with Gasteiger partial charge in [0.05, 0.1) is 6.61 Å². The van der Waals surface area contributed by atoms with Crippen LogP contribution in [0.1, 0.15) is 29.0 Å². The molecule has 3 rings (SSSR count). The highest BCUT2D eigenvalue weighted by Gasteiger charge is 2.35. The molecule has 4 nitrogen and oxygen atoms in total. The molecule has 1 fully saturated rings. The van der Waals surface area contributed by atoms with Crippen molar-refractivity contribution < 1.29 is 17.9 Å². The molecular formula is C15H16F3N3OS. The Labute approximate surface area is 135 Å². The number of aryl methyl sites for hydroxylation is 1. The number of alkyl halides is 3. The van der Waals surface area contributed by atoms with E-state index in [0.717, 1.165) is 16.9 Å². The fourth-order valence-electron chi connectivity index (χ4n) is 2.01. The summed E-state index contributed by atoms with van der Waals surface area (Å²) in [6, 6.07) is 5.80. The first-order chi connectivity index (χ1) is 10.9. The Kier molecular flexibility index (Phi) is 4.43. The molecule has 1 aromatic carbocycles. The van der Waals surface area contributed by atoms with Crippen LogP contribution < -0.4 is 10.1 Å². The number of halogens is 3. The average molecular weight is 343 g/mol. The number of nitrogens with one attached hydrogen (secondary N) is 1. The lowest BCUT2D eigenvalue weighted by atomic mass is 10.1. The topological polar surface area (TPSA) is 47.0 Å². The summed E-state index contributed by atoms with van der Waals surface area (Å²) in [6.45, 7) is 3.00. The summed E-state index contributed by atoms with van der Waals surface area (Å²) >= 11 is 0.497. The van der Waals surface area contributed by atoms with E-state index < -0.39 is 11.2 Å². The molecule has 0 radical (unpaired) electrons. The van der Waals surface area contributed by atoms with Gasteiger partial charge in [0.2, 0.25) is 10.1 Å². The van der Waals surface area contributed by atoms with Crippen LogP contribution >= 0.6 is 11.3 Å². The third kappa shape index (κ3) is 4.34. The number of ether oxygens (including phenoxy) is 1. The molecule has 1 aliphatic rings. The minimum Gasteiger partial charge on any atom is -0.493 e. The minimum absolute atomic E-state index is 0.144. The molecule has 1 heterocycles. The molecule has 0 spiro atoms. The van der Waals surface area contributed by atoms with E-state index in [9.17, 15) is 13.2 Å². The molecule has 1 aliphatic carbocycles. The molecule has 0 aliphatic heterocycles. The van der Waals surface area contributed by atoms with E-state index in [2.05, 4.69) is 15.5 Å². The molecule has 0 saturated heterocycles. The van der Waals surface area contributed by atoms with Crippen molar-refractivity contribution >= 4 is 16.5 Å². The van der Waals surface area contributed by atoms with Crippen molar-refractivity contribution in [2.45, 2.75) is 32.5 Å². The fourth-order valence-corrected chi connectivity index (χ4v) is 2.62. The van der Waals surface area contributed by atoms with Gasteiger partial charge in [-0.25, -0.2) is 0 Å². The Morgan fingerprint density at radius 2 is 2.09 bits per heavy atom. The van der Waals surface area contributed by atoms with E-state index >= 15 is 0 Å². The molecular weight excluding hydrogens is 327 g/mol. The first-order valence-electron chi connectivity index (χ1n) is 7.29. The van der Waals surface area contributed by atoms with Crippen LogP contribution in [-0.2, 0) is 12.7 Å². The molecule has 0 unspecified atom stereocenters. The Hall–Kier alpha value is -1.83. The Balaban J connectivity index is 1.65. The van der Waals surface area contributed by atoms with Crippen molar-refractivity contribution in [3.8, 4) is 5.75 Å². The van der Waals surface area contributed by atoms with Crippen molar-refractivity contribution in [2.75, 3.05) is 11.9 Å². The van der Waals surface area contributed by atoms with Gasteiger partial charge < -0.3 is 10.1 Å². The number of nitrogens with zero attached hydrogens (tertiary/aromatic N) is 2. The summed E-state index contributed by atoms with van der Waals surface area (Å²) in [6.07, 6.45) is -2.06. The summed E-state index contributed by atoms with van der Waals surface area (Å²) < 4.78 is 43.4. The first kappa shape index (κ1) is 16.0. The summed E-state index contributed by atoms with van der Waals surface area (Å²) in [4.78, 5) is 0. The zero-order valence-corrected chi connectivity index (χ0v) is 13.3. The third-order valence-corrected chi connectivity index (χ3v) is 4.42. The van der Waals surface area contributed by atoms with Gasteiger partial charge in [0.25, 0.3) is 0 Å². The number of hydrogen-bond acceptors (Lipinski definition) is 5. The van der Waals surface area contributed by atoms with Crippen LogP contribution in [-0.4, -0.2) is 16.8 Å². The first-order valence-corrected chi connectivity index (χ1v) is 8.10. The largest absolute Gasteiger partial charge is 0.493 e. The molecule has 0 atom stereocenters. The van der Waals surface area contributed by atoms with Crippen molar-refractivity contribution in [3.63, 3.8) is 0 Å². The van der Waals surface area contributed by atoms with Crippen molar-refractivity contribution in [1.82, 2.24) is 10.2 Å². The molecule has 1 saturated carbocycles. The zero-order valence-electron chi connectivity index (χ0n) is 12.5. The van der Waals surface area contributed by atoms with Gasteiger partial charge in [0.1, 0.15) is 5.75 Å². The summed E-state index contributed by atoms with van der Waals surface area (Å²) in [5.74, 6) is 1.40. The van der Waals surface area contributed by atoms with E-state index in [1.54, 1.807) is 0 Å². The second kappa shape index (κ2) is 6.35. The molecule has 124 valence electrons. The summed E-state index contributed by atoms with van der Waals surface area (Å²) in [5, 5.41) is 8.76. The second-order valence-electron chi connectivity index (χ2n) is 5.63. The smallest absolute Gasteiger partial charge is 0.445 e. The SMILES string of the molecule is Cc1ccc(CNc2nnc(C(F)(F)F)s2)c(OCC2CC2)c1. The second-order valence-corrected chi connectivity index (χ2v) is 6.61. The standard InChI is InChI=1S/C15H16F3N3OS/c1-9-2-5-11(12(6-9)22-8-10-3-4-10)7-19-14-21-20-13(23-14)15(16,17)18/h2,5-6,10H,3-4,7-8H2,1H3,(H,19,21). The van der Waals surface area contributed by atoms with E-state index in [-0.39, 0.29) is 5.13 Å². The van der Waals surface area contributed by atoms with Gasteiger partial charge in [-0.05, 0) is 37.3 Å². The van der Waals surface area contributed by atoms with Crippen LogP contribution in [0.15, 0.2) is 18.2 Å². The van der Waals surface area contributed by atoms with Gasteiger partial charge in [-0.15, -0.1) is 10.2 Å². The molecule has 23 heavy (non-hydrogen) atoms. The van der Waals surface area contributed by atoms with Crippen LogP contribution in [0.4, 0.5) is 18.3 Å². The molecule has 0 bridgehead atoms. The highest BCUT2D eigenvalue weighted by atomic mass is 32.1. The van der Waals surface area contributed by atoms with Crippen LogP contribution in [0.2, 0.25) is 0 Å². The number of anilines is 1. The van der Waals surface area contributed by atoms with E-state index in [1.807, 2.05) is 25.1 Å². The normalized spacial score (nSPS) is 14.8. The van der Waals surface area contributed by atoms with Gasteiger partial charge in [0, 0.05) is 12.1 Å². The molecule has 0 amide bonds. The number of aromatic nitrogens is 2. The van der Waals surface area contributed by atoms with E-state index in [0.29, 0.717) is 30.4 Å². The van der Waals surface area contributed by atoms with Gasteiger partial charge in [-0.3, -0.25) is 0 Å². The predicted octanol–water partition coefficient (Wildman–Crippen LogP) is 4.27. The number of rotatable bonds is 6. The van der Waals surface area contributed by atoms with Crippen molar-refractivity contribution in [2.24, 2.45) is 5.92 Å². The maximum absolute atomic E-state index is 12.5. The lowest BCUT2D eigenvalue weighted by Crippen LogP contribution is -2.05. The monoisotopic (exact) mass is 343 g/mol. The molecule has 8 heteroatoms. The lowest BCUT2D eigenvalue weighted by Gasteiger charge is -2.12. The maximum Gasteiger partial charge on any atom is 0.445 e. The Morgan fingerprint density at radius 1 is 1.30 bits per heavy atom. The quantitative estimate of drug-likeness (QED) is 0.851. The van der Waals surface area contributed by atoms with Gasteiger partial charge >= 0.3 is 6.18 Å². The van der Waals surface area contributed by atoms with Crippen LogP contribution in [0.25, 0.3) is 0 Å². The average Bonchev–Trinajstić information content (AvgIpc) is 3.18. The number of hydrogen-bond donors (Lipinski definition) is 1. The zero-order chi connectivity index (χ0) is 16.4. The Morgan fingerprint density at radius 3 is 2.74 bits per heavy atom. The van der Waals surface area contributed by atoms with Crippen LogP contribution in [0.5, 0.6) is 5.75 Å². The van der Waals surface area contributed by atoms with Crippen molar-refractivity contribution in [3.05, 3.63) is 34.3 Å². The highest BCUT2D eigenvalue weighted by Crippen LogP contribution is 2.34. The van der Waals surface area contributed by atoms with Gasteiger partial charge in [-0.2, -0.15) is 13.2 Å². The van der Waals surface area contributed by atoms with Gasteiger partial charge in [0.15, 0.2) is 0 Å². The third-order valence-electron chi connectivity index (χ3n) is 3.49. The summed E-state index contributed by atoms with van der Waals surface area (Å²) in [5.41, 5.74) is 1.97. The van der Waals surface area contributed by atoms with Crippen LogP contribution in [0, 0.1) is 12.8 Å². The van der Waals surface area contributed by atoms with E-state index in [4.69, 9.17) is 4.74 Å². The van der Waals surface area contributed by atoms with Crippen molar-refractivity contribution in [1.29, 1.82) is 0 Å². The highest BCUT2D eigenvalue weighted by molar-refractivity contribution is 7.15. The van der Waals surface area contributed by atoms with Crippen LogP contribution in [0.3, 0.4) is 0 Å². The van der Waals surface area contributed by atoms with Gasteiger partial charge in [-0.1, -0.05) is 23.5 Å². The Bertz CT molecular complexity index is 683.